The first kappa shape index (κ1) is 13.8. The van der Waals surface area contributed by atoms with Crippen LogP contribution in [0.3, 0.4) is 0 Å². The van der Waals surface area contributed by atoms with E-state index < -0.39 is 6.10 Å². The molecule has 18 heavy (non-hydrogen) atoms. The first-order valence-electron chi connectivity index (χ1n) is 6.02. The van der Waals surface area contributed by atoms with E-state index in [1.807, 2.05) is 25.1 Å². The molecule has 1 atom stereocenters. The van der Waals surface area contributed by atoms with E-state index in [9.17, 15) is 5.11 Å². The van der Waals surface area contributed by atoms with Crippen LogP contribution in [-0.2, 0) is 0 Å². The molecule has 0 saturated heterocycles. The van der Waals surface area contributed by atoms with Gasteiger partial charge in [0.1, 0.15) is 6.10 Å². The van der Waals surface area contributed by atoms with E-state index in [0.29, 0.717) is 5.92 Å². The Hall–Kier alpha value is -0.640. The molecular formula is C15H17BrOS. The van der Waals surface area contributed by atoms with Gasteiger partial charge in [-0.1, -0.05) is 38.1 Å². The summed E-state index contributed by atoms with van der Waals surface area (Å²) in [5.74, 6) is 0.523. The van der Waals surface area contributed by atoms with Crippen LogP contribution in [0.15, 0.2) is 34.8 Å². The van der Waals surface area contributed by atoms with Crippen LogP contribution in [0, 0.1) is 6.92 Å². The van der Waals surface area contributed by atoms with Crippen LogP contribution in [0.4, 0.5) is 0 Å². The molecule has 1 nitrogen and oxygen atoms in total. The van der Waals surface area contributed by atoms with E-state index in [4.69, 9.17) is 0 Å². The van der Waals surface area contributed by atoms with Crippen LogP contribution >= 0.6 is 27.3 Å². The zero-order valence-electron chi connectivity index (χ0n) is 10.8. The molecule has 0 aliphatic rings. The number of thiophene rings is 1. The predicted molar refractivity (Wildman–Crippen MR) is 81.3 cm³/mol. The second kappa shape index (κ2) is 5.55. The van der Waals surface area contributed by atoms with Crippen LogP contribution in [0.5, 0.6) is 0 Å². The van der Waals surface area contributed by atoms with E-state index in [1.54, 1.807) is 11.3 Å². The molecule has 0 radical (unpaired) electrons. The zero-order valence-corrected chi connectivity index (χ0v) is 13.2. The summed E-state index contributed by atoms with van der Waals surface area (Å²) in [5, 5.41) is 10.3. The number of aliphatic hydroxyl groups excluding tert-OH is 1. The number of hydrogen-bond donors (Lipinski definition) is 1. The number of aryl methyl sites for hydroxylation is 1. The normalized spacial score (nSPS) is 13.0. The summed E-state index contributed by atoms with van der Waals surface area (Å²) in [6.07, 6.45) is -0.527. The van der Waals surface area contributed by atoms with Gasteiger partial charge in [-0.2, -0.15) is 0 Å². The maximum atomic E-state index is 10.3. The summed E-state index contributed by atoms with van der Waals surface area (Å²) < 4.78 is 1.07. The standard InChI is InChI=1S/C15H17BrOS/c1-9(2)11-4-6-12(7-5-11)15(17)14-8-13(16)10(3)18-14/h4-9,15,17H,1-3H3. The van der Waals surface area contributed by atoms with Crippen LogP contribution in [0.1, 0.15) is 46.8 Å². The third-order valence-corrected chi connectivity index (χ3v) is 5.25. The Labute approximate surface area is 121 Å². The zero-order chi connectivity index (χ0) is 13.3. The van der Waals surface area contributed by atoms with Crippen molar-refractivity contribution in [2.45, 2.75) is 32.8 Å². The smallest absolute Gasteiger partial charge is 0.113 e. The molecule has 96 valence electrons. The Bertz CT molecular complexity index is 508. The van der Waals surface area contributed by atoms with Gasteiger partial charge in [0.15, 0.2) is 0 Å². The van der Waals surface area contributed by atoms with E-state index in [2.05, 4.69) is 41.9 Å². The lowest BCUT2D eigenvalue weighted by atomic mass is 9.99. The highest BCUT2D eigenvalue weighted by atomic mass is 79.9. The Morgan fingerprint density at radius 2 is 1.67 bits per heavy atom. The molecule has 1 aromatic carbocycles. The number of rotatable bonds is 3. The summed E-state index contributed by atoms with van der Waals surface area (Å²) in [6.45, 7) is 6.39. The molecule has 0 bridgehead atoms. The molecule has 0 spiro atoms. The average Bonchev–Trinajstić information content (AvgIpc) is 2.69. The van der Waals surface area contributed by atoms with Crippen LogP contribution < -0.4 is 0 Å². The predicted octanol–water partition coefficient (Wildman–Crippen LogP) is 5.02. The lowest BCUT2D eigenvalue weighted by molar-refractivity contribution is 0.224. The summed E-state index contributed by atoms with van der Waals surface area (Å²) in [4.78, 5) is 2.18. The summed E-state index contributed by atoms with van der Waals surface area (Å²) >= 11 is 5.12. The summed E-state index contributed by atoms with van der Waals surface area (Å²) in [7, 11) is 0. The third kappa shape index (κ3) is 2.85. The fraction of sp³-hybridized carbons (Fsp3) is 0.333. The van der Waals surface area contributed by atoms with Crippen molar-refractivity contribution >= 4 is 27.3 Å². The molecule has 0 fully saturated rings. The van der Waals surface area contributed by atoms with Gasteiger partial charge in [0, 0.05) is 14.2 Å². The van der Waals surface area contributed by atoms with Crippen molar-refractivity contribution in [2.24, 2.45) is 0 Å². The minimum absolute atomic E-state index is 0.523. The highest BCUT2D eigenvalue weighted by Gasteiger charge is 2.14. The van der Waals surface area contributed by atoms with Gasteiger partial charge in [-0.15, -0.1) is 11.3 Å². The van der Waals surface area contributed by atoms with Gasteiger partial charge in [0.2, 0.25) is 0 Å². The van der Waals surface area contributed by atoms with E-state index in [-0.39, 0.29) is 0 Å². The molecule has 0 aliphatic carbocycles. The summed E-state index contributed by atoms with van der Waals surface area (Å²) in [5.41, 5.74) is 2.25. The minimum atomic E-state index is -0.527. The van der Waals surface area contributed by atoms with Gasteiger partial charge in [0.05, 0.1) is 0 Å². The topological polar surface area (TPSA) is 20.2 Å². The van der Waals surface area contributed by atoms with Gasteiger partial charge in [0.25, 0.3) is 0 Å². The number of halogens is 1. The largest absolute Gasteiger partial charge is 0.383 e. The van der Waals surface area contributed by atoms with Crippen molar-refractivity contribution in [3.63, 3.8) is 0 Å². The maximum Gasteiger partial charge on any atom is 0.113 e. The molecule has 3 heteroatoms. The maximum absolute atomic E-state index is 10.3. The van der Waals surface area contributed by atoms with Crippen molar-refractivity contribution in [1.82, 2.24) is 0 Å². The molecule has 1 heterocycles. The Balaban J connectivity index is 2.25. The molecular weight excluding hydrogens is 308 g/mol. The Morgan fingerprint density at radius 1 is 1.11 bits per heavy atom. The quantitative estimate of drug-likeness (QED) is 0.840. The van der Waals surface area contributed by atoms with Gasteiger partial charge in [-0.3, -0.25) is 0 Å². The molecule has 0 aliphatic heterocycles. The first-order chi connectivity index (χ1) is 8.49. The monoisotopic (exact) mass is 324 g/mol. The van der Waals surface area contributed by atoms with Crippen LogP contribution in [-0.4, -0.2) is 5.11 Å². The SMILES string of the molecule is Cc1sc(C(O)c2ccc(C(C)C)cc2)cc1Br. The van der Waals surface area contributed by atoms with Crippen molar-refractivity contribution in [3.8, 4) is 0 Å². The highest BCUT2D eigenvalue weighted by Crippen LogP contribution is 2.33. The molecule has 1 unspecified atom stereocenters. The second-order valence-corrected chi connectivity index (χ2v) is 6.92. The molecule has 2 aromatic rings. The fourth-order valence-electron chi connectivity index (χ4n) is 1.84. The molecule has 1 N–H and O–H groups in total. The van der Waals surface area contributed by atoms with Crippen LogP contribution in [0.2, 0.25) is 0 Å². The second-order valence-electron chi connectivity index (χ2n) is 4.78. The molecule has 0 saturated carbocycles. The van der Waals surface area contributed by atoms with E-state index in [1.165, 1.54) is 10.4 Å². The molecule has 1 aromatic heterocycles. The van der Waals surface area contributed by atoms with Crippen molar-refractivity contribution in [1.29, 1.82) is 0 Å². The van der Waals surface area contributed by atoms with Gasteiger partial charge < -0.3 is 5.11 Å². The minimum Gasteiger partial charge on any atom is -0.383 e. The highest BCUT2D eigenvalue weighted by molar-refractivity contribution is 9.10. The average molecular weight is 325 g/mol. The lowest BCUT2D eigenvalue weighted by Gasteiger charge is -2.11. The van der Waals surface area contributed by atoms with E-state index in [0.717, 1.165) is 14.9 Å². The fourth-order valence-corrected chi connectivity index (χ4v) is 3.42. The number of benzene rings is 1. The van der Waals surface area contributed by atoms with Crippen molar-refractivity contribution < 1.29 is 5.11 Å². The van der Waals surface area contributed by atoms with Gasteiger partial charge >= 0.3 is 0 Å². The van der Waals surface area contributed by atoms with Crippen molar-refractivity contribution in [3.05, 3.63) is 55.7 Å². The lowest BCUT2D eigenvalue weighted by Crippen LogP contribution is -1.97. The van der Waals surface area contributed by atoms with E-state index >= 15 is 0 Å². The van der Waals surface area contributed by atoms with Gasteiger partial charge in [-0.05, 0) is 46.0 Å². The Kier molecular flexibility index (Phi) is 4.25. The number of aliphatic hydroxyl groups is 1. The number of hydrogen-bond acceptors (Lipinski definition) is 2. The Morgan fingerprint density at radius 3 is 2.11 bits per heavy atom. The molecule has 2 rings (SSSR count). The summed E-state index contributed by atoms with van der Waals surface area (Å²) in [6, 6.07) is 10.2. The van der Waals surface area contributed by atoms with Crippen molar-refractivity contribution in [2.75, 3.05) is 0 Å². The van der Waals surface area contributed by atoms with Crippen LogP contribution in [0.25, 0.3) is 0 Å². The van der Waals surface area contributed by atoms with Gasteiger partial charge in [-0.25, -0.2) is 0 Å². The first-order valence-corrected chi connectivity index (χ1v) is 7.63. The molecule has 0 amide bonds. The third-order valence-electron chi connectivity index (χ3n) is 3.06.